The van der Waals surface area contributed by atoms with Crippen molar-refractivity contribution in [1.29, 1.82) is 0 Å². The summed E-state index contributed by atoms with van der Waals surface area (Å²) in [5, 5.41) is 2.92. The summed E-state index contributed by atoms with van der Waals surface area (Å²) in [6, 6.07) is 7.42. The number of carbonyl (C=O) groups excluding carboxylic acids is 1. The Balaban J connectivity index is 0.00000289. The van der Waals surface area contributed by atoms with Crippen LogP contribution in [0.2, 0.25) is 0 Å². The first-order valence-corrected chi connectivity index (χ1v) is 6.72. The zero-order valence-corrected chi connectivity index (χ0v) is 13.2. The van der Waals surface area contributed by atoms with Gasteiger partial charge in [0.2, 0.25) is 0 Å². The van der Waals surface area contributed by atoms with E-state index < -0.39 is 0 Å². The van der Waals surface area contributed by atoms with Crippen molar-refractivity contribution in [1.82, 2.24) is 10.2 Å². The lowest BCUT2D eigenvalue weighted by Crippen LogP contribution is -2.34. The smallest absolute Gasteiger partial charge is 0.251 e. The van der Waals surface area contributed by atoms with Gasteiger partial charge in [-0.05, 0) is 31.3 Å². The Bertz CT molecular complexity index is 370. The molecule has 1 aromatic carbocycles. The number of likely N-dealkylation sites (N-methyl/N-ethyl adjacent to an activating group) is 1. The second-order valence-electron chi connectivity index (χ2n) is 3.79. The summed E-state index contributed by atoms with van der Waals surface area (Å²) in [6.45, 7) is 7.87. The van der Waals surface area contributed by atoms with Crippen molar-refractivity contribution in [2.24, 2.45) is 0 Å². The SMILES string of the molecule is CCN(CC)CCNC(=O)c1cccc(Br)c1.Cl. The van der Waals surface area contributed by atoms with Crippen LogP contribution in [0.15, 0.2) is 28.7 Å². The third kappa shape index (κ3) is 5.85. The van der Waals surface area contributed by atoms with Crippen LogP contribution in [-0.4, -0.2) is 37.0 Å². The van der Waals surface area contributed by atoms with Crippen LogP contribution in [0.25, 0.3) is 0 Å². The van der Waals surface area contributed by atoms with E-state index in [0.29, 0.717) is 12.1 Å². The van der Waals surface area contributed by atoms with Crippen molar-refractivity contribution < 1.29 is 4.79 Å². The summed E-state index contributed by atoms with van der Waals surface area (Å²) in [5.74, 6) is -0.0153. The summed E-state index contributed by atoms with van der Waals surface area (Å²) < 4.78 is 0.925. The lowest BCUT2D eigenvalue weighted by atomic mass is 10.2. The van der Waals surface area contributed by atoms with E-state index in [1.54, 1.807) is 0 Å². The number of hydrogen-bond acceptors (Lipinski definition) is 2. The summed E-state index contributed by atoms with van der Waals surface area (Å²) in [5.41, 5.74) is 0.693. The molecule has 0 aliphatic rings. The predicted octanol–water partition coefficient (Wildman–Crippen LogP) is 2.94. The molecule has 102 valence electrons. The average molecular weight is 336 g/mol. The molecule has 1 N–H and O–H groups in total. The molecule has 1 amide bonds. The number of hydrogen-bond donors (Lipinski definition) is 1. The van der Waals surface area contributed by atoms with Crippen LogP contribution in [0.5, 0.6) is 0 Å². The molecule has 0 radical (unpaired) electrons. The largest absolute Gasteiger partial charge is 0.351 e. The van der Waals surface area contributed by atoms with E-state index >= 15 is 0 Å². The fourth-order valence-electron chi connectivity index (χ4n) is 1.60. The second kappa shape index (κ2) is 9.36. The molecule has 3 nitrogen and oxygen atoms in total. The maximum Gasteiger partial charge on any atom is 0.251 e. The molecule has 0 atom stereocenters. The van der Waals surface area contributed by atoms with Gasteiger partial charge in [-0.2, -0.15) is 0 Å². The van der Waals surface area contributed by atoms with Gasteiger partial charge in [0.15, 0.2) is 0 Å². The Hall–Kier alpha value is -0.580. The molecule has 18 heavy (non-hydrogen) atoms. The van der Waals surface area contributed by atoms with Crippen LogP contribution >= 0.6 is 28.3 Å². The van der Waals surface area contributed by atoms with E-state index in [-0.39, 0.29) is 18.3 Å². The van der Waals surface area contributed by atoms with E-state index in [1.807, 2.05) is 24.3 Å². The lowest BCUT2D eigenvalue weighted by Gasteiger charge is -2.17. The lowest BCUT2D eigenvalue weighted by molar-refractivity contribution is 0.0949. The number of carbonyl (C=O) groups is 1. The van der Waals surface area contributed by atoms with Crippen LogP contribution in [0.4, 0.5) is 0 Å². The molecule has 0 spiro atoms. The maximum atomic E-state index is 11.8. The number of halogens is 2. The minimum absolute atomic E-state index is 0. The van der Waals surface area contributed by atoms with Crippen molar-refractivity contribution >= 4 is 34.2 Å². The molecule has 0 fully saturated rings. The van der Waals surface area contributed by atoms with Gasteiger partial charge in [0.25, 0.3) is 5.91 Å². The Morgan fingerprint density at radius 3 is 2.56 bits per heavy atom. The highest BCUT2D eigenvalue weighted by Gasteiger charge is 2.05. The minimum Gasteiger partial charge on any atom is -0.351 e. The third-order valence-electron chi connectivity index (χ3n) is 2.69. The van der Waals surface area contributed by atoms with Gasteiger partial charge in [0.05, 0.1) is 0 Å². The zero-order chi connectivity index (χ0) is 12.7. The van der Waals surface area contributed by atoms with Crippen molar-refractivity contribution in [3.05, 3.63) is 34.3 Å². The van der Waals surface area contributed by atoms with Crippen molar-refractivity contribution in [2.45, 2.75) is 13.8 Å². The van der Waals surface area contributed by atoms with Gasteiger partial charge in [-0.3, -0.25) is 4.79 Å². The average Bonchev–Trinajstić information content (AvgIpc) is 2.34. The fraction of sp³-hybridized carbons (Fsp3) is 0.462. The van der Waals surface area contributed by atoms with Gasteiger partial charge in [0, 0.05) is 23.1 Å². The number of amides is 1. The first kappa shape index (κ1) is 17.4. The monoisotopic (exact) mass is 334 g/mol. The van der Waals surface area contributed by atoms with E-state index in [2.05, 4.69) is 40.0 Å². The molecule has 0 aliphatic carbocycles. The van der Waals surface area contributed by atoms with Crippen molar-refractivity contribution in [3.8, 4) is 0 Å². The number of nitrogens with one attached hydrogen (secondary N) is 1. The highest BCUT2D eigenvalue weighted by molar-refractivity contribution is 9.10. The van der Waals surface area contributed by atoms with E-state index in [9.17, 15) is 4.79 Å². The molecule has 5 heteroatoms. The molecule has 1 aromatic rings. The van der Waals surface area contributed by atoms with E-state index in [0.717, 1.165) is 24.1 Å². The van der Waals surface area contributed by atoms with E-state index in [4.69, 9.17) is 0 Å². The number of nitrogens with zero attached hydrogens (tertiary/aromatic N) is 1. The summed E-state index contributed by atoms with van der Waals surface area (Å²) in [7, 11) is 0. The topological polar surface area (TPSA) is 32.3 Å². The van der Waals surface area contributed by atoms with Crippen LogP contribution < -0.4 is 5.32 Å². The van der Waals surface area contributed by atoms with Crippen LogP contribution in [0.1, 0.15) is 24.2 Å². The highest BCUT2D eigenvalue weighted by atomic mass is 79.9. The van der Waals surface area contributed by atoms with Crippen LogP contribution in [0, 0.1) is 0 Å². The van der Waals surface area contributed by atoms with Gasteiger partial charge in [-0.15, -0.1) is 12.4 Å². The standard InChI is InChI=1S/C13H19BrN2O.ClH/c1-3-16(4-2)9-8-15-13(17)11-6-5-7-12(14)10-11;/h5-7,10H,3-4,8-9H2,1-2H3,(H,15,17);1H. The summed E-state index contributed by atoms with van der Waals surface area (Å²) in [6.07, 6.45) is 0. The Labute approximate surface area is 123 Å². The molecule has 0 saturated carbocycles. The minimum atomic E-state index is -0.0153. The maximum absolute atomic E-state index is 11.8. The van der Waals surface area contributed by atoms with E-state index in [1.165, 1.54) is 0 Å². The van der Waals surface area contributed by atoms with Gasteiger partial charge in [-0.1, -0.05) is 35.8 Å². The van der Waals surface area contributed by atoms with Gasteiger partial charge < -0.3 is 10.2 Å². The first-order chi connectivity index (χ1) is 8.17. The molecule has 1 rings (SSSR count). The first-order valence-electron chi connectivity index (χ1n) is 5.93. The molecule has 0 unspecified atom stereocenters. The van der Waals surface area contributed by atoms with Crippen LogP contribution in [0.3, 0.4) is 0 Å². The molecule has 0 saturated heterocycles. The zero-order valence-electron chi connectivity index (χ0n) is 10.8. The van der Waals surface area contributed by atoms with Gasteiger partial charge in [-0.25, -0.2) is 0 Å². The molecule has 0 aliphatic heterocycles. The molecule has 0 heterocycles. The van der Waals surface area contributed by atoms with Crippen molar-refractivity contribution in [3.63, 3.8) is 0 Å². The normalized spacial score (nSPS) is 10.0. The Morgan fingerprint density at radius 1 is 1.33 bits per heavy atom. The molecular formula is C13H20BrClN2O. The van der Waals surface area contributed by atoms with Crippen molar-refractivity contribution in [2.75, 3.05) is 26.2 Å². The molecule has 0 aromatic heterocycles. The van der Waals surface area contributed by atoms with Gasteiger partial charge in [0.1, 0.15) is 0 Å². The number of rotatable bonds is 6. The Morgan fingerprint density at radius 2 is 2.00 bits per heavy atom. The summed E-state index contributed by atoms with van der Waals surface area (Å²) in [4.78, 5) is 14.1. The highest BCUT2D eigenvalue weighted by Crippen LogP contribution is 2.11. The summed E-state index contributed by atoms with van der Waals surface area (Å²) >= 11 is 3.36. The van der Waals surface area contributed by atoms with Gasteiger partial charge >= 0.3 is 0 Å². The third-order valence-corrected chi connectivity index (χ3v) is 3.19. The predicted molar refractivity (Wildman–Crippen MR) is 81.5 cm³/mol. The second-order valence-corrected chi connectivity index (χ2v) is 4.71. The molecular weight excluding hydrogens is 316 g/mol. The van der Waals surface area contributed by atoms with Crippen LogP contribution in [-0.2, 0) is 0 Å². The fourth-order valence-corrected chi connectivity index (χ4v) is 2.00. The number of benzene rings is 1. The molecule has 0 bridgehead atoms. The quantitative estimate of drug-likeness (QED) is 0.867. The Kier molecular flexibility index (Phi) is 9.06.